The van der Waals surface area contributed by atoms with Crippen LogP contribution in [0.15, 0.2) is 54.6 Å². The van der Waals surface area contributed by atoms with E-state index in [9.17, 15) is 8.78 Å². The topological polar surface area (TPSA) is 6.48 Å². The summed E-state index contributed by atoms with van der Waals surface area (Å²) in [7, 11) is 0. The molecule has 126 valence electrons. The number of nitrogens with zero attached hydrogens (tertiary/aromatic N) is 2. The van der Waals surface area contributed by atoms with Crippen LogP contribution in [-0.2, 0) is 6.54 Å². The van der Waals surface area contributed by atoms with Crippen LogP contribution in [0.1, 0.15) is 11.1 Å². The van der Waals surface area contributed by atoms with Crippen molar-refractivity contribution in [3.05, 3.63) is 77.4 Å². The summed E-state index contributed by atoms with van der Waals surface area (Å²) in [6, 6.07) is 14.4. The predicted molar refractivity (Wildman–Crippen MR) is 93.6 cm³/mol. The van der Waals surface area contributed by atoms with Crippen LogP contribution in [0.4, 0.5) is 8.78 Å². The first-order chi connectivity index (χ1) is 11.7. The quantitative estimate of drug-likeness (QED) is 0.824. The summed E-state index contributed by atoms with van der Waals surface area (Å²) in [4.78, 5) is 4.69. The van der Waals surface area contributed by atoms with Gasteiger partial charge in [-0.1, -0.05) is 48.6 Å². The first-order valence-electron chi connectivity index (χ1n) is 8.31. The molecule has 0 amide bonds. The zero-order valence-corrected chi connectivity index (χ0v) is 13.7. The van der Waals surface area contributed by atoms with Crippen LogP contribution in [-0.4, -0.2) is 42.5 Å². The van der Waals surface area contributed by atoms with Gasteiger partial charge in [0.25, 0.3) is 0 Å². The molecule has 0 saturated carbocycles. The van der Waals surface area contributed by atoms with Crippen LogP contribution < -0.4 is 0 Å². The average Bonchev–Trinajstić information content (AvgIpc) is 2.61. The Bertz CT molecular complexity index is 677. The molecule has 1 saturated heterocycles. The first-order valence-corrected chi connectivity index (χ1v) is 8.31. The summed E-state index contributed by atoms with van der Waals surface area (Å²) in [5.74, 6) is -1.55. The maximum Gasteiger partial charge on any atom is 0.159 e. The first kappa shape index (κ1) is 16.8. The number of piperazine rings is 1. The summed E-state index contributed by atoms with van der Waals surface area (Å²) in [5.41, 5.74) is 2.04. The maximum atomic E-state index is 13.3. The molecule has 0 aromatic heterocycles. The molecule has 1 aliphatic heterocycles. The fraction of sp³-hybridized carbons (Fsp3) is 0.300. The van der Waals surface area contributed by atoms with Gasteiger partial charge < -0.3 is 0 Å². The lowest BCUT2D eigenvalue weighted by atomic mass is 10.2. The number of hydrogen-bond donors (Lipinski definition) is 0. The SMILES string of the molecule is Fc1ccc(CN2CCN(C/C=C\c3ccccc3)CC2)cc1F. The van der Waals surface area contributed by atoms with Crippen LogP contribution in [0, 0.1) is 11.6 Å². The van der Waals surface area contributed by atoms with E-state index in [1.54, 1.807) is 6.07 Å². The molecule has 0 aliphatic carbocycles. The highest BCUT2D eigenvalue weighted by Gasteiger charge is 2.16. The molecule has 24 heavy (non-hydrogen) atoms. The monoisotopic (exact) mass is 328 g/mol. The molecule has 0 unspecified atom stereocenters. The lowest BCUT2D eigenvalue weighted by Crippen LogP contribution is -2.45. The van der Waals surface area contributed by atoms with E-state index in [1.165, 1.54) is 17.7 Å². The normalized spacial score (nSPS) is 16.8. The van der Waals surface area contributed by atoms with Crippen molar-refractivity contribution in [2.75, 3.05) is 32.7 Å². The highest BCUT2D eigenvalue weighted by Crippen LogP contribution is 2.13. The van der Waals surface area contributed by atoms with Gasteiger partial charge in [0.15, 0.2) is 11.6 Å². The van der Waals surface area contributed by atoms with Gasteiger partial charge in [-0.25, -0.2) is 8.78 Å². The smallest absolute Gasteiger partial charge is 0.159 e. The van der Waals surface area contributed by atoms with E-state index in [0.717, 1.165) is 38.3 Å². The van der Waals surface area contributed by atoms with Crippen molar-refractivity contribution in [2.45, 2.75) is 6.54 Å². The summed E-state index contributed by atoms with van der Waals surface area (Å²) in [6.07, 6.45) is 4.34. The summed E-state index contributed by atoms with van der Waals surface area (Å²) in [5, 5.41) is 0. The van der Waals surface area contributed by atoms with Crippen molar-refractivity contribution in [3.8, 4) is 0 Å². The van der Waals surface area contributed by atoms with Gasteiger partial charge in [-0.05, 0) is 23.3 Å². The molecule has 0 radical (unpaired) electrons. The van der Waals surface area contributed by atoms with Crippen molar-refractivity contribution in [3.63, 3.8) is 0 Å². The van der Waals surface area contributed by atoms with E-state index in [-0.39, 0.29) is 0 Å². The number of hydrogen-bond acceptors (Lipinski definition) is 2. The Labute approximate surface area is 142 Å². The van der Waals surface area contributed by atoms with E-state index < -0.39 is 11.6 Å². The minimum Gasteiger partial charge on any atom is -0.297 e. The Morgan fingerprint density at radius 3 is 2.25 bits per heavy atom. The van der Waals surface area contributed by atoms with Gasteiger partial charge >= 0.3 is 0 Å². The molecule has 1 heterocycles. The zero-order chi connectivity index (χ0) is 16.8. The van der Waals surface area contributed by atoms with Crippen LogP contribution in [0.5, 0.6) is 0 Å². The standard InChI is InChI=1S/C20H22F2N2/c21-19-9-8-18(15-20(19)22)16-24-13-11-23(12-14-24)10-4-7-17-5-2-1-3-6-17/h1-9,15H,10-14,16H2/b7-4-. The molecule has 0 atom stereocenters. The fourth-order valence-electron chi connectivity index (χ4n) is 2.93. The predicted octanol–water partition coefficient (Wildman–Crippen LogP) is 3.80. The lowest BCUT2D eigenvalue weighted by molar-refractivity contribution is 0.137. The van der Waals surface area contributed by atoms with Gasteiger partial charge in [0.1, 0.15) is 0 Å². The second-order valence-electron chi connectivity index (χ2n) is 6.14. The maximum absolute atomic E-state index is 13.3. The molecule has 2 nitrogen and oxygen atoms in total. The van der Waals surface area contributed by atoms with E-state index >= 15 is 0 Å². The molecular weight excluding hydrogens is 306 g/mol. The molecular formula is C20H22F2N2. The minimum absolute atomic E-state index is 0.672. The van der Waals surface area contributed by atoms with Gasteiger partial charge in [0.05, 0.1) is 0 Å². The van der Waals surface area contributed by atoms with Crippen molar-refractivity contribution >= 4 is 6.08 Å². The molecule has 2 aromatic carbocycles. The van der Waals surface area contributed by atoms with Gasteiger partial charge in [-0.2, -0.15) is 0 Å². The Morgan fingerprint density at radius 1 is 0.833 bits per heavy atom. The molecule has 1 aliphatic rings. The van der Waals surface area contributed by atoms with Gasteiger partial charge in [-0.15, -0.1) is 0 Å². The van der Waals surface area contributed by atoms with E-state index in [0.29, 0.717) is 6.54 Å². The Balaban J connectivity index is 1.44. The zero-order valence-electron chi connectivity index (χ0n) is 13.7. The van der Waals surface area contributed by atoms with E-state index in [1.807, 2.05) is 18.2 Å². The second kappa shape index (κ2) is 8.18. The highest BCUT2D eigenvalue weighted by atomic mass is 19.2. The van der Waals surface area contributed by atoms with Crippen molar-refractivity contribution in [1.82, 2.24) is 9.80 Å². The van der Waals surface area contributed by atoms with E-state index in [2.05, 4.69) is 34.1 Å². The third-order valence-electron chi connectivity index (χ3n) is 4.33. The van der Waals surface area contributed by atoms with Crippen LogP contribution in [0.2, 0.25) is 0 Å². The Hall–Kier alpha value is -2.04. The fourth-order valence-corrected chi connectivity index (χ4v) is 2.93. The third kappa shape index (κ3) is 4.73. The molecule has 0 N–H and O–H groups in total. The second-order valence-corrected chi connectivity index (χ2v) is 6.14. The summed E-state index contributed by atoms with van der Waals surface area (Å²) < 4.78 is 26.2. The molecule has 0 spiro atoms. The third-order valence-corrected chi connectivity index (χ3v) is 4.33. The highest BCUT2D eigenvalue weighted by molar-refractivity contribution is 5.48. The van der Waals surface area contributed by atoms with E-state index in [4.69, 9.17) is 0 Å². The lowest BCUT2D eigenvalue weighted by Gasteiger charge is -2.34. The Kier molecular flexibility index (Phi) is 5.72. The average molecular weight is 328 g/mol. The molecule has 4 heteroatoms. The van der Waals surface area contributed by atoms with Gasteiger partial charge in [0.2, 0.25) is 0 Å². The minimum atomic E-state index is -0.784. The van der Waals surface area contributed by atoms with Crippen molar-refractivity contribution in [2.24, 2.45) is 0 Å². The molecule has 3 rings (SSSR count). The van der Waals surface area contributed by atoms with Crippen LogP contribution in [0.3, 0.4) is 0 Å². The number of halogens is 2. The number of benzene rings is 2. The van der Waals surface area contributed by atoms with Crippen molar-refractivity contribution < 1.29 is 8.78 Å². The summed E-state index contributed by atoms with van der Waals surface area (Å²) >= 11 is 0. The number of rotatable bonds is 5. The molecule has 2 aromatic rings. The molecule has 0 bridgehead atoms. The largest absolute Gasteiger partial charge is 0.297 e. The van der Waals surface area contributed by atoms with Gasteiger partial charge in [0, 0.05) is 39.3 Å². The molecule has 1 fully saturated rings. The van der Waals surface area contributed by atoms with Gasteiger partial charge in [-0.3, -0.25) is 9.80 Å². The summed E-state index contributed by atoms with van der Waals surface area (Å²) in [6.45, 7) is 5.47. The van der Waals surface area contributed by atoms with Crippen molar-refractivity contribution in [1.29, 1.82) is 0 Å². The Morgan fingerprint density at radius 2 is 1.54 bits per heavy atom. The van der Waals surface area contributed by atoms with Crippen LogP contribution in [0.25, 0.3) is 6.08 Å². The van der Waals surface area contributed by atoms with Crippen LogP contribution >= 0.6 is 0 Å².